The van der Waals surface area contributed by atoms with Crippen LogP contribution in [0.15, 0.2) is 24.3 Å². The zero-order valence-electron chi connectivity index (χ0n) is 8.79. The second-order valence-corrected chi connectivity index (χ2v) is 3.46. The summed E-state index contributed by atoms with van der Waals surface area (Å²) in [6.07, 6.45) is 2.08. The SMILES string of the molecule is CCC(CC)c1ccccc1C(N)=O. The fourth-order valence-electron chi connectivity index (χ4n) is 1.81. The molecule has 2 heteroatoms. The van der Waals surface area contributed by atoms with Gasteiger partial charge in [-0.3, -0.25) is 4.79 Å². The van der Waals surface area contributed by atoms with Crippen molar-refractivity contribution in [3.63, 3.8) is 0 Å². The van der Waals surface area contributed by atoms with Crippen LogP contribution in [0.2, 0.25) is 0 Å². The van der Waals surface area contributed by atoms with E-state index < -0.39 is 0 Å². The molecule has 0 radical (unpaired) electrons. The molecule has 0 heterocycles. The second kappa shape index (κ2) is 4.80. The maximum atomic E-state index is 11.2. The van der Waals surface area contributed by atoms with Crippen molar-refractivity contribution in [2.45, 2.75) is 32.6 Å². The highest BCUT2D eigenvalue weighted by Gasteiger charge is 2.13. The zero-order chi connectivity index (χ0) is 10.6. The Kier molecular flexibility index (Phi) is 3.69. The number of carbonyl (C=O) groups is 1. The predicted octanol–water partition coefficient (Wildman–Crippen LogP) is 2.69. The molecule has 2 nitrogen and oxygen atoms in total. The minimum Gasteiger partial charge on any atom is -0.366 e. The predicted molar refractivity (Wildman–Crippen MR) is 58.3 cm³/mol. The number of hydrogen-bond donors (Lipinski definition) is 1. The molecule has 0 spiro atoms. The van der Waals surface area contributed by atoms with Gasteiger partial charge in [-0.2, -0.15) is 0 Å². The number of rotatable bonds is 4. The van der Waals surface area contributed by atoms with E-state index in [2.05, 4.69) is 13.8 Å². The first-order valence-corrected chi connectivity index (χ1v) is 5.09. The highest BCUT2D eigenvalue weighted by Crippen LogP contribution is 2.25. The smallest absolute Gasteiger partial charge is 0.248 e. The lowest BCUT2D eigenvalue weighted by Gasteiger charge is -2.15. The van der Waals surface area contributed by atoms with Gasteiger partial charge in [0.15, 0.2) is 0 Å². The average molecular weight is 191 g/mol. The van der Waals surface area contributed by atoms with Gasteiger partial charge < -0.3 is 5.73 Å². The highest BCUT2D eigenvalue weighted by atomic mass is 16.1. The van der Waals surface area contributed by atoms with Gasteiger partial charge in [0.05, 0.1) is 0 Å². The summed E-state index contributed by atoms with van der Waals surface area (Å²) in [5, 5.41) is 0. The standard InChI is InChI=1S/C12H17NO/c1-3-9(4-2)10-7-5-6-8-11(10)12(13)14/h5-9H,3-4H2,1-2H3,(H2,13,14). The minimum atomic E-state index is -0.326. The Hall–Kier alpha value is -1.31. The number of benzene rings is 1. The van der Waals surface area contributed by atoms with Crippen molar-refractivity contribution in [1.82, 2.24) is 0 Å². The molecule has 76 valence electrons. The lowest BCUT2D eigenvalue weighted by Crippen LogP contribution is -2.15. The summed E-state index contributed by atoms with van der Waals surface area (Å²) in [7, 11) is 0. The molecule has 0 unspecified atom stereocenters. The average Bonchev–Trinajstić information content (AvgIpc) is 2.20. The molecule has 0 saturated heterocycles. The van der Waals surface area contributed by atoms with Gasteiger partial charge in [0, 0.05) is 5.56 Å². The molecule has 14 heavy (non-hydrogen) atoms. The maximum Gasteiger partial charge on any atom is 0.248 e. The zero-order valence-corrected chi connectivity index (χ0v) is 8.79. The van der Waals surface area contributed by atoms with Gasteiger partial charge in [-0.15, -0.1) is 0 Å². The third-order valence-electron chi connectivity index (χ3n) is 2.65. The number of amides is 1. The molecule has 0 aliphatic heterocycles. The third-order valence-corrected chi connectivity index (χ3v) is 2.65. The maximum absolute atomic E-state index is 11.2. The van der Waals surface area contributed by atoms with Crippen LogP contribution in [0.3, 0.4) is 0 Å². The molecule has 0 aliphatic carbocycles. The van der Waals surface area contributed by atoms with Gasteiger partial charge in [0.1, 0.15) is 0 Å². The first-order valence-electron chi connectivity index (χ1n) is 5.09. The number of primary amides is 1. The molecule has 0 saturated carbocycles. The van der Waals surface area contributed by atoms with Crippen molar-refractivity contribution in [2.24, 2.45) is 5.73 Å². The van der Waals surface area contributed by atoms with Gasteiger partial charge >= 0.3 is 0 Å². The molecular formula is C12H17NO. The summed E-state index contributed by atoms with van der Waals surface area (Å²) in [5.74, 6) is 0.117. The van der Waals surface area contributed by atoms with Crippen molar-refractivity contribution >= 4 is 5.91 Å². The van der Waals surface area contributed by atoms with Crippen molar-refractivity contribution < 1.29 is 4.79 Å². The lowest BCUT2D eigenvalue weighted by atomic mass is 9.90. The van der Waals surface area contributed by atoms with Crippen LogP contribution < -0.4 is 5.73 Å². The molecule has 1 amide bonds. The topological polar surface area (TPSA) is 43.1 Å². The van der Waals surface area contributed by atoms with E-state index in [4.69, 9.17) is 5.73 Å². The summed E-state index contributed by atoms with van der Waals surface area (Å²) in [6.45, 7) is 4.26. The van der Waals surface area contributed by atoms with Crippen LogP contribution in [0, 0.1) is 0 Å². The van der Waals surface area contributed by atoms with Gasteiger partial charge in [-0.05, 0) is 30.4 Å². The normalized spacial score (nSPS) is 10.5. The molecule has 1 aromatic rings. The first-order chi connectivity index (χ1) is 6.70. The van der Waals surface area contributed by atoms with Crippen LogP contribution in [0.5, 0.6) is 0 Å². The Morgan fingerprint density at radius 2 is 1.86 bits per heavy atom. The van der Waals surface area contributed by atoms with Gasteiger partial charge in [0.25, 0.3) is 0 Å². The molecule has 0 bridgehead atoms. The Morgan fingerprint density at radius 3 is 2.36 bits per heavy atom. The molecule has 0 fully saturated rings. The van der Waals surface area contributed by atoms with E-state index in [0.717, 1.165) is 18.4 Å². The van der Waals surface area contributed by atoms with Crippen molar-refractivity contribution in [3.05, 3.63) is 35.4 Å². The third kappa shape index (κ3) is 2.13. The van der Waals surface area contributed by atoms with Crippen molar-refractivity contribution in [1.29, 1.82) is 0 Å². The summed E-state index contributed by atoms with van der Waals surface area (Å²) >= 11 is 0. The van der Waals surface area contributed by atoms with Crippen LogP contribution in [-0.4, -0.2) is 5.91 Å². The Morgan fingerprint density at radius 1 is 1.29 bits per heavy atom. The minimum absolute atomic E-state index is 0.326. The van der Waals surface area contributed by atoms with Crippen molar-refractivity contribution in [2.75, 3.05) is 0 Å². The van der Waals surface area contributed by atoms with Gasteiger partial charge in [-0.25, -0.2) is 0 Å². The molecular weight excluding hydrogens is 174 g/mol. The number of hydrogen-bond acceptors (Lipinski definition) is 1. The summed E-state index contributed by atoms with van der Waals surface area (Å²) in [4.78, 5) is 11.2. The van der Waals surface area contributed by atoms with E-state index in [1.807, 2.05) is 18.2 Å². The number of nitrogens with two attached hydrogens (primary N) is 1. The summed E-state index contributed by atoms with van der Waals surface area (Å²) in [5.41, 5.74) is 7.08. The first kappa shape index (κ1) is 10.8. The van der Waals surface area contributed by atoms with Crippen LogP contribution in [-0.2, 0) is 0 Å². The van der Waals surface area contributed by atoms with Crippen LogP contribution >= 0.6 is 0 Å². The molecule has 1 aromatic carbocycles. The Balaban J connectivity index is 3.11. The fraction of sp³-hybridized carbons (Fsp3) is 0.417. The molecule has 0 atom stereocenters. The quantitative estimate of drug-likeness (QED) is 0.781. The lowest BCUT2D eigenvalue weighted by molar-refractivity contribution is 0.0999. The van der Waals surface area contributed by atoms with E-state index >= 15 is 0 Å². The Labute approximate surface area is 85.1 Å². The van der Waals surface area contributed by atoms with Crippen molar-refractivity contribution in [3.8, 4) is 0 Å². The summed E-state index contributed by atoms with van der Waals surface area (Å²) < 4.78 is 0. The number of carbonyl (C=O) groups excluding carboxylic acids is 1. The second-order valence-electron chi connectivity index (χ2n) is 3.46. The summed E-state index contributed by atoms with van der Waals surface area (Å²) in [6, 6.07) is 7.61. The van der Waals surface area contributed by atoms with Crippen LogP contribution in [0.1, 0.15) is 48.5 Å². The monoisotopic (exact) mass is 191 g/mol. The van der Waals surface area contributed by atoms with E-state index in [-0.39, 0.29) is 5.91 Å². The molecule has 2 N–H and O–H groups in total. The molecule has 1 rings (SSSR count). The van der Waals surface area contributed by atoms with Gasteiger partial charge in [0.2, 0.25) is 5.91 Å². The van der Waals surface area contributed by atoms with E-state index in [1.54, 1.807) is 6.07 Å². The highest BCUT2D eigenvalue weighted by molar-refractivity contribution is 5.94. The molecule has 0 aliphatic rings. The largest absolute Gasteiger partial charge is 0.366 e. The Bertz CT molecular complexity index is 316. The van der Waals surface area contributed by atoms with E-state index in [9.17, 15) is 4.79 Å². The van der Waals surface area contributed by atoms with Crippen LogP contribution in [0.4, 0.5) is 0 Å². The van der Waals surface area contributed by atoms with Gasteiger partial charge in [-0.1, -0.05) is 32.0 Å². The van der Waals surface area contributed by atoms with E-state index in [1.165, 1.54) is 0 Å². The molecule has 0 aromatic heterocycles. The fourth-order valence-corrected chi connectivity index (χ4v) is 1.81. The van der Waals surface area contributed by atoms with E-state index in [0.29, 0.717) is 11.5 Å². The van der Waals surface area contributed by atoms with Crippen LogP contribution in [0.25, 0.3) is 0 Å².